The van der Waals surface area contributed by atoms with Crippen molar-refractivity contribution in [1.29, 1.82) is 0 Å². The first-order valence-electron chi connectivity index (χ1n) is 11.9. The number of esters is 1. The molecule has 12 nitrogen and oxygen atoms in total. The molecule has 1 aromatic carbocycles. The molecule has 3 aromatic rings. The van der Waals surface area contributed by atoms with Gasteiger partial charge in [-0.25, -0.2) is 22.2 Å². The molecule has 0 saturated carbocycles. The fraction of sp³-hybridized carbons (Fsp3) is 0.400. The summed E-state index contributed by atoms with van der Waals surface area (Å²) in [6.45, 7) is 6.52. The Bertz CT molecular complexity index is 1510. The van der Waals surface area contributed by atoms with Gasteiger partial charge in [-0.1, -0.05) is 18.2 Å². The Balaban J connectivity index is 1.93. The van der Waals surface area contributed by atoms with E-state index in [0.29, 0.717) is 0 Å². The molecule has 0 aliphatic carbocycles. The van der Waals surface area contributed by atoms with Crippen molar-refractivity contribution in [2.24, 2.45) is 0 Å². The molecule has 1 aliphatic heterocycles. The van der Waals surface area contributed by atoms with Crippen LogP contribution in [0.15, 0.2) is 53.7 Å². The van der Waals surface area contributed by atoms with Crippen LogP contribution >= 0.6 is 0 Å². The van der Waals surface area contributed by atoms with Crippen LogP contribution in [0.4, 0.5) is 10.5 Å². The van der Waals surface area contributed by atoms with Crippen molar-refractivity contribution in [2.45, 2.75) is 50.0 Å². The molecule has 4 rings (SSSR count). The Morgan fingerprint density at radius 2 is 1.87 bits per heavy atom. The molecule has 0 spiro atoms. The maximum absolute atomic E-state index is 13.5. The number of carbonyl (C=O) groups is 2. The van der Waals surface area contributed by atoms with Crippen LogP contribution in [0.2, 0.25) is 0 Å². The van der Waals surface area contributed by atoms with E-state index in [0.717, 1.165) is 10.2 Å². The Morgan fingerprint density at radius 3 is 2.47 bits per heavy atom. The summed E-state index contributed by atoms with van der Waals surface area (Å²) in [5.74, 6) is -0.764. The summed E-state index contributed by atoms with van der Waals surface area (Å²) >= 11 is 0. The summed E-state index contributed by atoms with van der Waals surface area (Å²) < 4.78 is 38.5. The number of nitrogens with zero attached hydrogens (tertiary/aromatic N) is 4. The van der Waals surface area contributed by atoms with Gasteiger partial charge in [-0.3, -0.25) is 14.9 Å². The smallest absolute Gasteiger partial charge is 0.410 e. The van der Waals surface area contributed by atoms with Gasteiger partial charge >= 0.3 is 12.1 Å². The molecule has 1 saturated heterocycles. The Kier molecular flexibility index (Phi) is 6.91. The van der Waals surface area contributed by atoms with Crippen LogP contribution in [-0.4, -0.2) is 64.6 Å². The number of benzene rings is 1. The predicted octanol–water partition coefficient (Wildman–Crippen LogP) is 3.62. The Labute approximate surface area is 219 Å². The van der Waals surface area contributed by atoms with Gasteiger partial charge in [0.05, 0.1) is 22.0 Å². The largest absolute Gasteiger partial charge is 0.465 e. The lowest BCUT2D eigenvalue weighted by Crippen LogP contribution is -2.43. The standard InChI is InChI=1S/C25H28N4O8S/c1-5-36-22(30)25(12-14-27(16-25)23(31)37-24(2,3)4)20-18-11-13-28(21(18)26-15-19(20)29(32)33)38(34,35)17-9-7-6-8-10-17/h6-11,13,15H,5,12,14,16H2,1-4H3. The average Bonchev–Trinajstić information content (AvgIpc) is 3.49. The summed E-state index contributed by atoms with van der Waals surface area (Å²) in [5, 5.41) is 12.3. The van der Waals surface area contributed by atoms with Crippen LogP contribution in [0, 0.1) is 10.1 Å². The number of nitro groups is 1. The first kappa shape index (κ1) is 27.0. The van der Waals surface area contributed by atoms with Crippen LogP contribution in [-0.2, 0) is 29.7 Å². The zero-order valence-corrected chi connectivity index (χ0v) is 22.2. The fourth-order valence-corrected chi connectivity index (χ4v) is 5.95. The number of hydrogen-bond acceptors (Lipinski definition) is 9. The van der Waals surface area contributed by atoms with E-state index in [4.69, 9.17) is 9.47 Å². The number of carbonyl (C=O) groups excluding carboxylic acids is 2. The molecule has 1 amide bonds. The normalized spacial score (nSPS) is 17.9. The first-order valence-corrected chi connectivity index (χ1v) is 13.4. The number of fused-ring (bicyclic) bond motifs is 1. The average molecular weight is 545 g/mol. The quantitative estimate of drug-likeness (QED) is 0.257. The van der Waals surface area contributed by atoms with Crippen LogP contribution in [0.5, 0.6) is 0 Å². The molecule has 1 fully saturated rings. The molecule has 38 heavy (non-hydrogen) atoms. The zero-order chi connectivity index (χ0) is 27.9. The minimum atomic E-state index is -4.11. The molecule has 1 aliphatic rings. The summed E-state index contributed by atoms with van der Waals surface area (Å²) in [5.41, 5.74) is -3.08. The molecule has 0 N–H and O–H groups in total. The number of ether oxygens (including phenoxy) is 2. The predicted molar refractivity (Wildman–Crippen MR) is 136 cm³/mol. The lowest BCUT2D eigenvalue weighted by molar-refractivity contribution is -0.386. The van der Waals surface area contributed by atoms with Crippen LogP contribution in [0.25, 0.3) is 11.0 Å². The van der Waals surface area contributed by atoms with E-state index < -0.39 is 43.7 Å². The van der Waals surface area contributed by atoms with Crippen LogP contribution in [0.1, 0.15) is 39.7 Å². The Morgan fingerprint density at radius 1 is 1.18 bits per heavy atom. The van der Waals surface area contributed by atoms with E-state index in [1.165, 1.54) is 29.3 Å². The Hall–Kier alpha value is -4.00. The number of likely N-dealkylation sites (tertiary alicyclic amines) is 1. The van der Waals surface area contributed by atoms with Gasteiger partial charge in [-0.2, -0.15) is 0 Å². The third-order valence-electron chi connectivity index (χ3n) is 6.22. The zero-order valence-electron chi connectivity index (χ0n) is 21.4. The third kappa shape index (κ3) is 4.69. The minimum Gasteiger partial charge on any atom is -0.465 e. The van der Waals surface area contributed by atoms with Gasteiger partial charge in [0, 0.05) is 24.7 Å². The van der Waals surface area contributed by atoms with Gasteiger partial charge in [0.25, 0.3) is 15.7 Å². The van der Waals surface area contributed by atoms with Gasteiger partial charge in [0.15, 0.2) is 5.65 Å². The van der Waals surface area contributed by atoms with E-state index >= 15 is 0 Å². The number of amides is 1. The van der Waals surface area contributed by atoms with E-state index in [1.54, 1.807) is 45.9 Å². The highest BCUT2D eigenvalue weighted by atomic mass is 32.2. The van der Waals surface area contributed by atoms with Crippen molar-refractivity contribution < 1.29 is 32.4 Å². The van der Waals surface area contributed by atoms with Crippen molar-refractivity contribution in [3.05, 3.63) is 64.5 Å². The third-order valence-corrected chi connectivity index (χ3v) is 7.90. The van der Waals surface area contributed by atoms with Crippen molar-refractivity contribution in [3.8, 4) is 0 Å². The molecule has 0 bridgehead atoms. The monoisotopic (exact) mass is 544 g/mol. The lowest BCUT2D eigenvalue weighted by atomic mass is 9.77. The van der Waals surface area contributed by atoms with Crippen LogP contribution in [0.3, 0.4) is 0 Å². The molecule has 2 aromatic heterocycles. The first-order chi connectivity index (χ1) is 17.8. The molecule has 13 heteroatoms. The molecule has 1 atom stereocenters. The van der Waals surface area contributed by atoms with Crippen molar-refractivity contribution >= 4 is 38.8 Å². The van der Waals surface area contributed by atoms with Gasteiger partial charge in [-0.05, 0) is 52.3 Å². The van der Waals surface area contributed by atoms with Gasteiger partial charge in [-0.15, -0.1) is 0 Å². The minimum absolute atomic E-state index is 0.00154. The highest BCUT2D eigenvalue weighted by Crippen LogP contribution is 2.44. The molecule has 3 heterocycles. The molecule has 202 valence electrons. The SMILES string of the molecule is CCOC(=O)C1(c2c([N+](=O)[O-])cnc3c2ccn3S(=O)(=O)c2ccccc2)CCN(C(=O)OC(C)(C)C)C1. The fourth-order valence-electron chi connectivity index (χ4n) is 4.63. The molecule has 1 unspecified atom stereocenters. The molecular formula is C25H28N4O8S. The summed E-state index contributed by atoms with van der Waals surface area (Å²) in [6.07, 6.45) is 1.50. The van der Waals surface area contributed by atoms with E-state index in [2.05, 4.69) is 4.98 Å². The van der Waals surface area contributed by atoms with E-state index in [-0.39, 0.29) is 47.6 Å². The summed E-state index contributed by atoms with van der Waals surface area (Å²) in [7, 11) is -4.11. The van der Waals surface area contributed by atoms with Gasteiger partial charge in [0.1, 0.15) is 17.2 Å². The second kappa shape index (κ2) is 9.71. The molecule has 0 radical (unpaired) electrons. The maximum Gasteiger partial charge on any atom is 0.410 e. The van der Waals surface area contributed by atoms with Gasteiger partial charge < -0.3 is 14.4 Å². The number of hydrogen-bond donors (Lipinski definition) is 0. The lowest BCUT2D eigenvalue weighted by Gasteiger charge is -2.29. The highest BCUT2D eigenvalue weighted by Gasteiger charge is 2.53. The number of rotatable bonds is 6. The second-order valence-corrected chi connectivity index (χ2v) is 11.7. The second-order valence-electron chi connectivity index (χ2n) is 9.90. The topological polar surface area (TPSA) is 151 Å². The highest BCUT2D eigenvalue weighted by molar-refractivity contribution is 7.90. The number of pyridine rings is 1. The van der Waals surface area contributed by atoms with Gasteiger partial charge in [0.2, 0.25) is 0 Å². The maximum atomic E-state index is 13.5. The van der Waals surface area contributed by atoms with E-state index in [9.17, 15) is 28.1 Å². The van der Waals surface area contributed by atoms with Crippen molar-refractivity contribution in [1.82, 2.24) is 13.9 Å². The number of aromatic nitrogens is 2. The van der Waals surface area contributed by atoms with Crippen molar-refractivity contribution in [2.75, 3.05) is 19.7 Å². The van der Waals surface area contributed by atoms with Crippen LogP contribution < -0.4 is 0 Å². The summed E-state index contributed by atoms with van der Waals surface area (Å²) in [4.78, 5) is 43.2. The molecular weight excluding hydrogens is 516 g/mol. The summed E-state index contributed by atoms with van der Waals surface area (Å²) in [6, 6.07) is 9.03. The van der Waals surface area contributed by atoms with E-state index in [1.807, 2.05) is 0 Å². The van der Waals surface area contributed by atoms with Crippen molar-refractivity contribution in [3.63, 3.8) is 0 Å².